The second-order valence-corrected chi connectivity index (χ2v) is 16.2. The van der Waals surface area contributed by atoms with Crippen LogP contribution < -0.4 is 4.72 Å². The Morgan fingerprint density at radius 2 is 1.76 bits per heavy atom. The maximum atomic E-state index is 13.9. The van der Waals surface area contributed by atoms with Gasteiger partial charge in [-0.15, -0.1) is 11.3 Å². The average molecular weight is 700 g/mol. The molecule has 0 amide bonds. The second-order valence-electron chi connectivity index (χ2n) is 11.0. The quantitative estimate of drug-likeness (QED) is 0.129. The Labute approximate surface area is 278 Å². The zero-order chi connectivity index (χ0) is 32.7. The van der Waals surface area contributed by atoms with E-state index in [4.69, 9.17) is 11.6 Å². The first-order chi connectivity index (χ1) is 22.0. The number of thiazole rings is 1. The van der Waals surface area contributed by atoms with Crippen LogP contribution in [0.4, 0.5) is 0 Å². The minimum absolute atomic E-state index is 0.00243. The van der Waals surface area contributed by atoms with Gasteiger partial charge in [0.2, 0.25) is 20.0 Å². The van der Waals surface area contributed by atoms with Gasteiger partial charge in [0.05, 0.1) is 15.4 Å². The van der Waals surface area contributed by atoms with Crippen molar-refractivity contribution in [2.45, 2.75) is 54.4 Å². The van der Waals surface area contributed by atoms with E-state index in [1.54, 1.807) is 11.3 Å². The van der Waals surface area contributed by atoms with Gasteiger partial charge in [0.15, 0.2) is 0 Å². The van der Waals surface area contributed by atoms with Gasteiger partial charge in [-0.25, -0.2) is 31.3 Å². The molecular formula is C33H34ClN3O6S3. The first kappa shape index (κ1) is 34.0. The smallest absolute Gasteiger partial charge is 0.337 e. The Hall–Kier alpha value is -3.39. The lowest BCUT2D eigenvalue weighted by atomic mass is 9.85. The standard InChI is InChI=1S/C33H34ClN3O6S3/c34-27-14-16-28(17-15-27)45(40,41)36-19-3-4-20-37(46(42,43)31-12-2-1-11-29(31)33(38)39)23-25-8-5-7-24(21-25)13-18-32-35-22-30(44-32)26-9-6-10-26/h1-2,5,7-8,11-18,21-22,26,36H,3-4,6,9-10,19-20,23H2,(H,38,39)/b18-13+. The molecule has 242 valence electrons. The first-order valence-corrected chi connectivity index (χ1v) is 19.0. The molecule has 0 atom stereocenters. The number of hydrogen-bond donors (Lipinski definition) is 2. The Kier molecular flexibility index (Phi) is 11.1. The molecule has 1 aromatic heterocycles. The van der Waals surface area contributed by atoms with Gasteiger partial charge in [0.25, 0.3) is 0 Å². The van der Waals surface area contributed by atoms with Crippen molar-refractivity contribution in [1.29, 1.82) is 0 Å². The number of nitrogens with zero attached hydrogens (tertiary/aromatic N) is 2. The van der Waals surface area contributed by atoms with Gasteiger partial charge in [-0.3, -0.25) is 0 Å². The van der Waals surface area contributed by atoms with Crippen LogP contribution >= 0.6 is 22.9 Å². The molecule has 0 radical (unpaired) electrons. The highest BCUT2D eigenvalue weighted by Crippen LogP contribution is 2.39. The van der Waals surface area contributed by atoms with Crippen molar-refractivity contribution in [3.63, 3.8) is 0 Å². The van der Waals surface area contributed by atoms with Crippen LogP contribution in [0.25, 0.3) is 12.2 Å². The van der Waals surface area contributed by atoms with Gasteiger partial charge in [-0.2, -0.15) is 4.31 Å². The summed E-state index contributed by atoms with van der Waals surface area (Å²) in [6.45, 7) is 0.129. The van der Waals surface area contributed by atoms with Gasteiger partial charge in [-0.05, 0) is 85.2 Å². The lowest BCUT2D eigenvalue weighted by molar-refractivity contribution is 0.0692. The van der Waals surface area contributed by atoms with E-state index in [2.05, 4.69) is 9.71 Å². The molecule has 3 aromatic carbocycles. The van der Waals surface area contributed by atoms with Gasteiger partial charge in [-0.1, -0.05) is 60.5 Å². The van der Waals surface area contributed by atoms with Gasteiger partial charge in [0, 0.05) is 35.7 Å². The van der Waals surface area contributed by atoms with Crippen molar-refractivity contribution in [3.8, 4) is 0 Å². The molecule has 0 saturated heterocycles. The topological polar surface area (TPSA) is 134 Å². The molecule has 4 aromatic rings. The average Bonchev–Trinajstić information content (AvgIpc) is 3.47. The summed E-state index contributed by atoms with van der Waals surface area (Å²) in [4.78, 5) is 17.5. The number of hydrogen-bond acceptors (Lipinski definition) is 7. The number of carboxylic acids is 1. The van der Waals surface area contributed by atoms with Crippen LogP contribution in [0.3, 0.4) is 0 Å². The minimum Gasteiger partial charge on any atom is -0.478 e. The Balaban J connectivity index is 1.30. The van der Waals surface area contributed by atoms with Crippen molar-refractivity contribution < 1.29 is 26.7 Å². The van der Waals surface area contributed by atoms with E-state index in [1.807, 2.05) is 42.6 Å². The van der Waals surface area contributed by atoms with Crippen molar-refractivity contribution >= 4 is 61.1 Å². The number of aromatic carboxylic acids is 1. The summed E-state index contributed by atoms with van der Waals surface area (Å²) < 4.78 is 56.8. The van der Waals surface area contributed by atoms with Gasteiger partial charge in [0.1, 0.15) is 5.01 Å². The number of benzene rings is 3. The van der Waals surface area contributed by atoms with E-state index in [1.165, 1.54) is 77.0 Å². The summed E-state index contributed by atoms with van der Waals surface area (Å²) in [6, 6.07) is 18.8. The molecule has 1 aliphatic rings. The first-order valence-electron chi connectivity index (χ1n) is 14.8. The molecule has 1 saturated carbocycles. The Morgan fingerprint density at radius 1 is 1.00 bits per heavy atom. The van der Waals surface area contributed by atoms with E-state index in [0.717, 1.165) is 16.1 Å². The number of halogens is 1. The van der Waals surface area contributed by atoms with Crippen LogP contribution in [0.2, 0.25) is 5.02 Å². The highest BCUT2D eigenvalue weighted by molar-refractivity contribution is 7.89. The lowest BCUT2D eigenvalue weighted by Gasteiger charge is -2.23. The number of aromatic nitrogens is 1. The maximum Gasteiger partial charge on any atom is 0.337 e. The fraction of sp³-hybridized carbons (Fsp3) is 0.273. The lowest BCUT2D eigenvalue weighted by Crippen LogP contribution is -2.33. The Bertz CT molecular complexity index is 1920. The molecule has 9 nitrogen and oxygen atoms in total. The molecule has 1 fully saturated rings. The molecule has 1 heterocycles. The number of carboxylic acid groups (broad SMARTS) is 1. The normalized spacial score (nSPS) is 14.1. The zero-order valence-corrected chi connectivity index (χ0v) is 28.1. The molecular weight excluding hydrogens is 666 g/mol. The van der Waals surface area contributed by atoms with E-state index in [0.29, 0.717) is 23.8 Å². The van der Waals surface area contributed by atoms with E-state index < -0.39 is 26.0 Å². The highest BCUT2D eigenvalue weighted by atomic mass is 35.5. The van der Waals surface area contributed by atoms with Crippen molar-refractivity contribution in [3.05, 3.63) is 111 Å². The largest absolute Gasteiger partial charge is 0.478 e. The fourth-order valence-corrected chi connectivity index (χ4v) is 8.88. The third kappa shape index (κ3) is 8.49. The molecule has 0 bridgehead atoms. The van der Waals surface area contributed by atoms with Gasteiger partial charge < -0.3 is 5.11 Å². The molecule has 0 aliphatic heterocycles. The maximum absolute atomic E-state index is 13.9. The predicted molar refractivity (Wildman–Crippen MR) is 181 cm³/mol. The molecule has 5 rings (SSSR count). The van der Waals surface area contributed by atoms with Crippen molar-refractivity contribution in [2.24, 2.45) is 0 Å². The molecule has 2 N–H and O–H groups in total. The molecule has 0 spiro atoms. The molecule has 46 heavy (non-hydrogen) atoms. The minimum atomic E-state index is -4.23. The summed E-state index contributed by atoms with van der Waals surface area (Å²) in [5.41, 5.74) is 1.28. The number of sulfonamides is 2. The number of rotatable bonds is 15. The number of unbranched alkanes of at least 4 members (excludes halogenated alkanes) is 1. The van der Waals surface area contributed by atoms with Crippen LogP contribution in [-0.2, 0) is 26.6 Å². The summed E-state index contributed by atoms with van der Waals surface area (Å²) in [5, 5.41) is 11.0. The third-order valence-corrected chi connectivity index (χ3v) is 12.5. The third-order valence-electron chi connectivity index (χ3n) is 7.76. The fourth-order valence-electron chi connectivity index (χ4n) is 5.03. The van der Waals surface area contributed by atoms with E-state index >= 15 is 0 Å². The van der Waals surface area contributed by atoms with Crippen LogP contribution in [0.15, 0.2) is 88.8 Å². The Morgan fingerprint density at radius 3 is 2.48 bits per heavy atom. The SMILES string of the molecule is O=C(O)c1ccccc1S(=O)(=O)N(CCCCNS(=O)(=O)c1ccc(Cl)cc1)Cc1cccc(/C=C/c2ncc(C3CCC3)s2)c1. The van der Waals surface area contributed by atoms with Crippen molar-refractivity contribution in [1.82, 2.24) is 14.0 Å². The summed E-state index contributed by atoms with van der Waals surface area (Å²) in [7, 11) is -7.99. The summed E-state index contributed by atoms with van der Waals surface area (Å²) in [6.07, 6.45) is 10.2. The highest BCUT2D eigenvalue weighted by Gasteiger charge is 2.29. The van der Waals surface area contributed by atoms with E-state index in [-0.39, 0.29) is 35.0 Å². The van der Waals surface area contributed by atoms with E-state index in [9.17, 15) is 26.7 Å². The van der Waals surface area contributed by atoms with Crippen LogP contribution in [-0.4, -0.2) is 50.3 Å². The van der Waals surface area contributed by atoms with Crippen LogP contribution in [0.1, 0.15) is 69.4 Å². The number of carbonyl (C=O) groups is 1. The summed E-state index contributed by atoms with van der Waals surface area (Å²) in [5.74, 6) is -0.726. The molecule has 13 heteroatoms. The van der Waals surface area contributed by atoms with Crippen molar-refractivity contribution in [2.75, 3.05) is 13.1 Å². The monoisotopic (exact) mass is 699 g/mol. The van der Waals surface area contributed by atoms with Crippen LogP contribution in [0.5, 0.6) is 0 Å². The van der Waals surface area contributed by atoms with Gasteiger partial charge >= 0.3 is 5.97 Å². The summed E-state index contributed by atoms with van der Waals surface area (Å²) >= 11 is 7.55. The molecule has 1 aliphatic carbocycles. The number of nitrogens with one attached hydrogen (secondary N) is 1. The predicted octanol–water partition coefficient (Wildman–Crippen LogP) is 6.88. The second kappa shape index (κ2) is 15.0. The zero-order valence-electron chi connectivity index (χ0n) is 24.9. The molecule has 0 unspecified atom stereocenters. The van der Waals surface area contributed by atoms with Crippen LogP contribution in [0, 0.1) is 0 Å².